The topological polar surface area (TPSA) is 116 Å². The fourth-order valence-corrected chi connectivity index (χ4v) is 4.36. The van der Waals surface area contributed by atoms with Crippen molar-refractivity contribution < 1.29 is 22.1 Å². The lowest BCUT2D eigenvalue weighted by atomic mass is 10.1. The molecule has 0 radical (unpaired) electrons. The molecule has 2 aliphatic rings. The number of nitrogens with zero attached hydrogens (tertiary/aromatic N) is 3. The second kappa shape index (κ2) is 10.9. The number of hydrogen-bond donors (Lipinski definition) is 2. The molecule has 10 heteroatoms. The van der Waals surface area contributed by atoms with Crippen LogP contribution in [0.15, 0.2) is 76.7 Å². The first kappa shape index (κ1) is 25.3. The number of nitriles is 1. The van der Waals surface area contributed by atoms with Crippen molar-refractivity contribution in [2.24, 2.45) is 0 Å². The number of anilines is 1. The summed E-state index contributed by atoms with van der Waals surface area (Å²) in [6.45, 7) is 5.62. The quantitative estimate of drug-likeness (QED) is 0.397. The number of ether oxygens (including phenoxy) is 1. The van der Waals surface area contributed by atoms with Gasteiger partial charge >= 0.3 is 0 Å². The van der Waals surface area contributed by atoms with Gasteiger partial charge in [-0.3, -0.25) is 4.55 Å². The fourth-order valence-electron chi connectivity index (χ4n) is 3.88. The molecule has 5 rings (SSSR count). The van der Waals surface area contributed by atoms with E-state index in [1.807, 2.05) is 25.1 Å². The van der Waals surface area contributed by atoms with Gasteiger partial charge in [-0.1, -0.05) is 29.8 Å². The second-order valence-corrected chi connectivity index (χ2v) is 9.92. The number of hydrogen-bond acceptors (Lipinski definition) is 7. The average molecular weight is 509 g/mol. The highest BCUT2D eigenvalue weighted by atomic mass is 32.2. The lowest BCUT2D eigenvalue weighted by Gasteiger charge is -2.20. The summed E-state index contributed by atoms with van der Waals surface area (Å²) in [6, 6.07) is 17.9. The molecule has 0 aliphatic carbocycles. The maximum atomic E-state index is 13.9. The van der Waals surface area contributed by atoms with Gasteiger partial charge in [0, 0.05) is 37.8 Å². The summed E-state index contributed by atoms with van der Waals surface area (Å²) in [4.78, 5) is 6.70. The molecule has 0 unspecified atom stereocenters. The standard InChI is InChI=1S/C19H17FN4O.C7H8O3S/c20-17-6-13(7-21)4-5-14(17)12-25-19-3-1-2-18(23-19)24-10-15-8-22-9-16(15)11-24;1-6-2-4-7(5-3-6)11(8,9)10/h1-6,22H,8-12H2;2-5H,1H3,(H,8,9,10). The van der Waals surface area contributed by atoms with E-state index in [1.165, 1.54) is 29.3 Å². The first-order valence-electron chi connectivity index (χ1n) is 11.2. The van der Waals surface area contributed by atoms with Crippen LogP contribution < -0.4 is 15.0 Å². The minimum Gasteiger partial charge on any atom is -0.473 e. The molecule has 2 aliphatic heterocycles. The molecule has 0 amide bonds. The lowest BCUT2D eigenvalue weighted by Crippen LogP contribution is -2.27. The fraction of sp³-hybridized carbons (Fsp3) is 0.231. The van der Waals surface area contributed by atoms with Crippen LogP contribution in [0.5, 0.6) is 5.88 Å². The van der Waals surface area contributed by atoms with E-state index in [4.69, 9.17) is 14.6 Å². The molecule has 0 saturated carbocycles. The van der Waals surface area contributed by atoms with Crippen LogP contribution in [0.25, 0.3) is 0 Å². The van der Waals surface area contributed by atoms with Crippen molar-refractivity contribution in [3.05, 3.63) is 94.3 Å². The van der Waals surface area contributed by atoms with Gasteiger partial charge in [-0.2, -0.15) is 18.7 Å². The van der Waals surface area contributed by atoms with Gasteiger partial charge in [-0.15, -0.1) is 0 Å². The molecule has 0 saturated heterocycles. The Labute approximate surface area is 209 Å². The highest BCUT2D eigenvalue weighted by Gasteiger charge is 2.26. The summed E-state index contributed by atoms with van der Waals surface area (Å²) in [7, 11) is -4.02. The highest BCUT2D eigenvalue weighted by Crippen LogP contribution is 2.26. The van der Waals surface area contributed by atoms with Crippen LogP contribution in [0.2, 0.25) is 0 Å². The largest absolute Gasteiger partial charge is 0.473 e. The van der Waals surface area contributed by atoms with Crippen molar-refractivity contribution in [3.8, 4) is 11.9 Å². The minimum absolute atomic E-state index is 0.0666. The molecule has 36 heavy (non-hydrogen) atoms. The third kappa shape index (κ3) is 6.26. The van der Waals surface area contributed by atoms with Crippen LogP contribution in [0, 0.1) is 24.1 Å². The highest BCUT2D eigenvalue weighted by molar-refractivity contribution is 7.85. The van der Waals surface area contributed by atoms with E-state index in [0.29, 0.717) is 17.0 Å². The van der Waals surface area contributed by atoms with E-state index in [0.717, 1.165) is 37.6 Å². The van der Waals surface area contributed by atoms with Gasteiger partial charge in [-0.25, -0.2) is 4.39 Å². The summed E-state index contributed by atoms with van der Waals surface area (Å²) >= 11 is 0. The SMILES string of the molecule is Cc1ccc(S(=O)(=O)O)cc1.N#Cc1ccc(COc2cccc(N3CC4=C(CNC4)C3)n2)c(F)c1. The third-order valence-electron chi connectivity index (χ3n) is 5.85. The van der Waals surface area contributed by atoms with Gasteiger partial charge in [0.05, 0.1) is 16.5 Å². The van der Waals surface area contributed by atoms with Crippen LogP contribution in [0.1, 0.15) is 16.7 Å². The van der Waals surface area contributed by atoms with Crippen LogP contribution in [0.4, 0.5) is 10.2 Å². The number of rotatable bonds is 5. The van der Waals surface area contributed by atoms with Crippen LogP contribution in [-0.4, -0.2) is 44.1 Å². The maximum absolute atomic E-state index is 13.9. The van der Waals surface area contributed by atoms with E-state index in [1.54, 1.807) is 30.3 Å². The van der Waals surface area contributed by atoms with Crippen LogP contribution >= 0.6 is 0 Å². The molecule has 0 spiro atoms. The van der Waals surface area contributed by atoms with Crippen molar-refractivity contribution in [1.29, 1.82) is 5.26 Å². The Morgan fingerprint density at radius 1 is 1.11 bits per heavy atom. The smallest absolute Gasteiger partial charge is 0.294 e. The Morgan fingerprint density at radius 2 is 1.81 bits per heavy atom. The number of aryl methyl sites for hydroxylation is 1. The molecule has 0 fully saturated rings. The third-order valence-corrected chi connectivity index (χ3v) is 6.72. The zero-order valence-electron chi connectivity index (χ0n) is 19.6. The Bertz CT molecular complexity index is 1420. The van der Waals surface area contributed by atoms with E-state index < -0.39 is 15.9 Å². The zero-order valence-corrected chi connectivity index (χ0v) is 20.4. The second-order valence-electron chi connectivity index (χ2n) is 8.50. The normalized spacial score (nSPS) is 14.7. The molecule has 2 aromatic carbocycles. The minimum atomic E-state index is -4.02. The Kier molecular flexibility index (Phi) is 7.64. The number of halogens is 1. The summed E-state index contributed by atoms with van der Waals surface area (Å²) in [5, 5.41) is 12.1. The number of benzene rings is 2. The molecule has 186 valence electrons. The van der Waals surface area contributed by atoms with Crippen molar-refractivity contribution in [1.82, 2.24) is 10.3 Å². The van der Waals surface area contributed by atoms with Gasteiger partial charge in [0.15, 0.2) is 0 Å². The lowest BCUT2D eigenvalue weighted by molar-refractivity contribution is 0.288. The van der Waals surface area contributed by atoms with E-state index in [2.05, 4.69) is 15.2 Å². The zero-order chi connectivity index (χ0) is 25.7. The predicted molar refractivity (Wildman–Crippen MR) is 133 cm³/mol. The summed E-state index contributed by atoms with van der Waals surface area (Å²) < 4.78 is 49.1. The molecule has 0 atom stereocenters. The van der Waals surface area contributed by atoms with Gasteiger partial charge in [0.2, 0.25) is 5.88 Å². The Balaban J connectivity index is 0.000000233. The number of aromatic nitrogens is 1. The predicted octanol–water partition coefficient (Wildman–Crippen LogP) is 3.63. The Hall–Kier alpha value is -3.78. The van der Waals surface area contributed by atoms with Crippen molar-refractivity contribution in [2.45, 2.75) is 18.4 Å². The molecule has 3 heterocycles. The van der Waals surface area contributed by atoms with Gasteiger partial charge in [0.1, 0.15) is 18.2 Å². The average Bonchev–Trinajstić information content (AvgIpc) is 3.46. The number of nitrogens with one attached hydrogen (secondary N) is 1. The van der Waals surface area contributed by atoms with Gasteiger partial charge in [-0.05, 0) is 48.4 Å². The maximum Gasteiger partial charge on any atom is 0.294 e. The number of pyridine rings is 1. The summed E-state index contributed by atoms with van der Waals surface area (Å²) in [5.74, 6) is 0.890. The van der Waals surface area contributed by atoms with Gasteiger partial charge < -0.3 is 15.0 Å². The van der Waals surface area contributed by atoms with E-state index in [-0.39, 0.29) is 11.5 Å². The molecule has 1 aromatic heterocycles. The molecular weight excluding hydrogens is 483 g/mol. The van der Waals surface area contributed by atoms with Crippen LogP contribution in [-0.2, 0) is 16.7 Å². The van der Waals surface area contributed by atoms with E-state index >= 15 is 0 Å². The summed E-state index contributed by atoms with van der Waals surface area (Å²) in [6.07, 6.45) is 0. The Morgan fingerprint density at radius 3 is 2.42 bits per heavy atom. The first-order chi connectivity index (χ1) is 17.2. The van der Waals surface area contributed by atoms with E-state index in [9.17, 15) is 12.8 Å². The van der Waals surface area contributed by atoms with Crippen molar-refractivity contribution in [2.75, 3.05) is 31.1 Å². The molecular formula is C26H25FN4O4S. The van der Waals surface area contributed by atoms with Crippen molar-refractivity contribution in [3.63, 3.8) is 0 Å². The first-order valence-corrected chi connectivity index (χ1v) is 12.6. The summed E-state index contributed by atoms with van der Waals surface area (Å²) in [5.41, 5.74) is 4.56. The molecule has 8 nitrogen and oxygen atoms in total. The monoisotopic (exact) mass is 508 g/mol. The van der Waals surface area contributed by atoms with Crippen molar-refractivity contribution >= 4 is 15.9 Å². The molecule has 2 N–H and O–H groups in total. The van der Waals surface area contributed by atoms with Crippen LogP contribution in [0.3, 0.4) is 0 Å². The molecule has 3 aromatic rings. The van der Waals surface area contributed by atoms with Gasteiger partial charge in [0.25, 0.3) is 10.1 Å². The molecule has 0 bridgehead atoms.